The highest BCUT2D eigenvalue weighted by Crippen LogP contribution is 2.64. The lowest BCUT2D eigenvalue weighted by Crippen LogP contribution is -2.53. The number of carbonyl (C=O) groups is 4. The van der Waals surface area contributed by atoms with Gasteiger partial charge >= 0.3 is 0 Å². The number of imide groups is 2. The number of hydrogen-bond donors (Lipinski definition) is 2. The van der Waals surface area contributed by atoms with Gasteiger partial charge in [-0.05, 0) is 99.5 Å². The van der Waals surface area contributed by atoms with Crippen LogP contribution in [0.4, 0.5) is 5.69 Å². The molecule has 0 bridgehead atoms. The molecule has 1 saturated carbocycles. The second-order valence-corrected chi connectivity index (χ2v) is 15.3. The number of fused-ring (bicyclic) bond motifs is 4. The van der Waals surface area contributed by atoms with Crippen LogP contribution in [0.3, 0.4) is 0 Å². The molecule has 0 radical (unpaired) electrons. The number of amides is 4. The van der Waals surface area contributed by atoms with E-state index in [-0.39, 0.29) is 29.0 Å². The smallest absolute Gasteiger partial charge is 0.260 e. The van der Waals surface area contributed by atoms with Gasteiger partial charge in [-0.2, -0.15) is 5.01 Å². The van der Waals surface area contributed by atoms with Crippen LogP contribution < -0.4 is 10.2 Å². The van der Waals surface area contributed by atoms with E-state index in [0.717, 1.165) is 10.6 Å². The SMILES string of the molecule is COc1ccc([C@@]23C(=O)N(Nc4ccc(Cl)cc4Cl)C(=O)[C@@H]2C[C@@H]2C(=CC[C@@H]4C(=O)N(C(C)(C)C)C(=O)[C@@H]42)[C@@H]3c2ccc(O)c(C)c2)cc1. The quantitative estimate of drug-likeness (QED) is 0.222. The van der Waals surface area contributed by atoms with E-state index in [2.05, 4.69) is 5.43 Å². The Hall–Kier alpha value is -4.34. The molecule has 7 rings (SSSR count). The van der Waals surface area contributed by atoms with Gasteiger partial charge in [0.2, 0.25) is 11.8 Å². The molecule has 6 atom stereocenters. The van der Waals surface area contributed by atoms with Crippen molar-refractivity contribution in [2.45, 2.75) is 57.4 Å². The molecule has 9 nitrogen and oxygen atoms in total. The van der Waals surface area contributed by atoms with Crippen molar-refractivity contribution in [3.8, 4) is 11.5 Å². The number of benzene rings is 3. The maximum absolute atomic E-state index is 15.3. The molecule has 3 aromatic carbocycles. The van der Waals surface area contributed by atoms with Gasteiger partial charge in [0, 0.05) is 16.5 Å². The Kier molecular flexibility index (Phi) is 7.87. The lowest BCUT2D eigenvalue weighted by atomic mass is 9.49. The summed E-state index contributed by atoms with van der Waals surface area (Å²) >= 11 is 12.7. The van der Waals surface area contributed by atoms with Crippen LogP contribution in [0.15, 0.2) is 72.3 Å². The molecule has 49 heavy (non-hydrogen) atoms. The molecule has 3 aromatic rings. The fraction of sp³-hybridized carbons (Fsp3) is 0.368. The number of anilines is 1. The minimum atomic E-state index is -1.47. The van der Waals surface area contributed by atoms with Gasteiger partial charge in [-0.15, -0.1) is 0 Å². The number of likely N-dealkylation sites (tertiary alicyclic amines) is 1. The zero-order valence-corrected chi connectivity index (χ0v) is 29.3. The highest BCUT2D eigenvalue weighted by Gasteiger charge is 2.70. The Morgan fingerprint density at radius 3 is 2.27 bits per heavy atom. The third-order valence-electron chi connectivity index (χ3n) is 10.8. The summed E-state index contributed by atoms with van der Waals surface area (Å²) in [5.41, 5.74) is 3.88. The minimum absolute atomic E-state index is 0.0933. The van der Waals surface area contributed by atoms with Crippen LogP contribution in [0, 0.1) is 30.6 Å². The van der Waals surface area contributed by atoms with Crippen molar-refractivity contribution in [3.63, 3.8) is 0 Å². The molecule has 254 valence electrons. The van der Waals surface area contributed by atoms with Crippen LogP contribution in [0.1, 0.15) is 56.2 Å². The molecule has 2 heterocycles. The van der Waals surface area contributed by atoms with Crippen LogP contribution in [0.25, 0.3) is 0 Å². The largest absolute Gasteiger partial charge is 0.508 e. The number of methoxy groups -OCH3 is 1. The molecular weight excluding hydrogens is 665 g/mol. The number of phenolic OH excluding ortho intramolecular Hbond substituents is 1. The second-order valence-electron chi connectivity index (χ2n) is 14.4. The van der Waals surface area contributed by atoms with Gasteiger partial charge in [-0.25, -0.2) is 0 Å². The van der Waals surface area contributed by atoms with Crippen LogP contribution >= 0.6 is 23.2 Å². The van der Waals surface area contributed by atoms with Crippen molar-refractivity contribution < 1.29 is 29.0 Å². The second kappa shape index (κ2) is 11.6. The molecule has 4 aliphatic rings. The lowest BCUT2D eigenvalue weighted by Gasteiger charge is -2.50. The number of nitrogens with zero attached hydrogens (tertiary/aromatic N) is 2. The molecule has 0 aromatic heterocycles. The van der Waals surface area contributed by atoms with E-state index in [1.807, 2.05) is 45.0 Å². The summed E-state index contributed by atoms with van der Waals surface area (Å²) in [6.45, 7) is 7.31. The highest BCUT2D eigenvalue weighted by molar-refractivity contribution is 6.36. The molecule has 4 amide bonds. The van der Waals surface area contributed by atoms with Crippen molar-refractivity contribution in [2.24, 2.45) is 23.7 Å². The van der Waals surface area contributed by atoms with Gasteiger partial charge in [0.25, 0.3) is 11.8 Å². The summed E-state index contributed by atoms with van der Waals surface area (Å²) in [6.07, 6.45) is 2.51. The molecule has 0 spiro atoms. The molecule has 11 heteroatoms. The Bertz CT molecular complexity index is 1950. The van der Waals surface area contributed by atoms with Gasteiger partial charge < -0.3 is 9.84 Å². The van der Waals surface area contributed by atoms with Gasteiger partial charge in [0.15, 0.2) is 0 Å². The summed E-state index contributed by atoms with van der Waals surface area (Å²) in [5, 5.41) is 12.2. The average molecular weight is 703 g/mol. The standard InChI is InChI=1S/C38H37Cl2N3O6/c1-19-16-20(6-15-30(19)44)32-24-12-13-25-31(35(47)42(33(25)45)37(2,3)4)26(24)18-27-34(46)43(41-29-14-9-22(39)17-28(29)40)36(48)38(27,32)21-7-10-23(49-5)11-8-21/h6-12,14-17,25-27,31-32,41,44H,13,18H2,1-5H3/t25-,26+,27-,31-,32-,38+/m0/s1. The Morgan fingerprint density at radius 2 is 1.63 bits per heavy atom. The normalized spacial score (nSPS) is 27.9. The van der Waals surface area contributed by atoms with E-state index in [1.165, 1.54) is 11.0 Å². The van der Waals surface area contributed by atoms with Gasteiger partial charge in [-0.1, -0.05) is 59.1 Å². The van der Waals surface area contributed by atoms with Gasteiger partial charge in [0.1, 0.15) is 11.5 Å². The number of hydrazine groups is 1. The topological polar surface area (TPSA) is 116 Å². The first-order valence-corrected chi connectivity index (χ1v) is 17.1. The fourth-order valence-corrected chi connectivity index (χ4v) is 9.19. The van der Waals surface area contributed by atoms with Crippen LogP contribution in [-0.2, 0) is 24.6 Å². The van der Waals surface area contributed by atoms with Gasteiger partial charge in [-0.3, -0.25) is 29.5 Å². The Morgan fingerprint density at radius 1 is 0.918 bits per heavy atom. The van der Waals surface area contributed by atoms with E-state index in [9.17, 15) is 19.5 Å². The molecule has 2 aliphatic heterocycles. The number of ether oxygens (including phenoxy) is 1. The van der Waals surface area contributed by atoms with Crippen molar-refractivity contribution in [1.82, 2.24) is 9.91 Å². The molecule has 2 N–H and O–H groups in total. The summed E-state index contributed by atoms with van der Waals surface area (Å²) < 4.78 is 5.46. The first-order chi connectivity index (χ1) is 23.2. The van der Waals surface area contributed by atoms with E-state index < -0.39 is 52.4 Å². The van der Waals surface area contributed by atoms with E-state index in [1.54, 1.807) is 50.4 Å². The number of phenols is 1. The molecule has 2 aliphatic carbocycles. The van der Waals surface area contributed by atoms with Crippen molar-refractivity contribution in [2.75, 3.05) is 12.5 Å². The van der Waals surface area contributed by atoms with E-state index in [0.29, 0.717) is 39.6 Å². The first kappa shape index (κ1) is 33.2. The predicted molar refractivity (Wildman–Crippen MR) is 185 cm³/mol. The average Bonchev–Trinajstić information content (AvgIpc) is 3.44. The Balaban J connectivity index is 1.47. The third-order valence-corrected chi connectivity index (χ3v) is 11.4. The number of carbonyl (C=O) groups excluding carboxylic acids is 4. The number of allylic oxidation sites excluding steroid dienone is 2. The van der Waals surface area contributed by atoms with Crippen LogP contribution in [0.5, 0.6) is 11.5 Å². The van der Waals surface area contributed by atoms with Crippen LogP contribution in [-0.4, -0.2) is 51.3 Å². The first-order valence-electron chi connectivity index (χ1n) is 16.3. The summed E-state index contributed by atoms with van der Waals surface area (Å²) in [4.78, 5) is 59.5. The number of halogens is 2. The number of aromatic hydroxyl groups is 1. The maximum atomic E-state index is 15.3. The predicted octanol–water partition coefficient (Wildman–Crippen LogP) is 6.80. The van der Waals surface area contributed by atoms with Crippen molar-refractivity contribution in [1.29, 1.82) is 0 Å². The van der Waals surface area contributed by atoms with Crippen molar-refractivity contribution in [3.05, 3.63) is 99.0 Å². The number of hydrogen-bond acceptors (Lipinski definition) is 7. The molecule has 0 unspecified atom stereocenters. The monoisotopic (exact) mass is 701 g/mol. The van der Waals surface area contributed by atoms with Gasteiger partial charge in [0.05, 0.1) is 41.0 Å². The molecule has 3 fully saturated rings. The summed E-state index contributed by atoms with van der Waals surface area (Å²) in [7, 11) is 1.55. The molecule has 2 saturated heterocycles. The summed E-state index contributed by atoms with van der Waals surface area (Å²) in [6, 6.07) is 17.1. The van der Waals surface area contributed by atoms with E-state index in [4.69, 9.17) is 27.9 Å². The number of rotatable bonds is 5. The number of aryl methyl sites for hydroxylation is 1. The lowest BCUT2D eigenvalue weighted by molar-refractivity contribution is -0.146. The highest BCUT2D eigenvalue weighted by atomic mass is 35.5. The maximum Gasteiger partial charge on any atom is 0.260 e. The zero-order valence-electron chi connectivity index (χ0n) is 27.8. The van der Waals surface area contributed by atoms with Crippen molar-refractivity contribution >= 4 is 52.5 Å². The fourth-order valence-electron chi connectivity index (χ4n) is 8.74. The van der Waals surface area contributed by atoms with E-state index >= 15 is 4.79 Å². The third kappa shape index (κ3) is 4.88. The Labute approximate surface area is 294 Å². The summed E-state index contributed by atoms with van der Waals surface area (Å²) in [5.74, 6) is -4.14. The minimum Gasteiger partial charge on any atom is -0.508 e. The molecular formula is C38H37Cl2N3O6. The zero-order chi connectivity index (χ0) is 35.2. The van der Waals surface area contributed by atoms with Crippen LogP contribution in [0.2, 0.25) is 10.0 Å². The number of nitrogens with one attached hydrogen (secondary N) is 1.